The van der Waals surface area contributed by atoms with Crippen LogP contribution in [0.4, 0.5) is 5.69 Å². The minimum atomic E-state index is -0.689. The maximum atomic E-state index is 12.1. The maximum absolute atomic E-state index is 12.1. The third-order valence-corrected chi connectivity index (χ3v) is 4.74. The van der Waals surface area contributed by atoms with Crippen molar-refractivity contribution in [1.29, 1.82) is 0 Å². The molecular formula is C17H23BrN2O3. The van der Waals surface area contributed by atoms with Crippen LogP contribution in [0.15, 0.2) is 28.7 Å². The summed E-state index contributed by atoms with van der Waals surface area (Å²) >= 11 is 3.36. The predicted molar refractivity (Wildman–Crippen MR) is 93.4 cm³/mol. The number of amides is 1. The molecule has 1 atom stereocenters. The van der Waals surface area contributed by atoms with Crippen LogP contribution in [0.25, 0.3) is 0 Å². The molecule has 3 N–H and O–H groups in total. The summed E-state index contributed by atoms with van der Waals surface area (Å²) in [4.78, 5) is 23.0. The van der Waals surface area contributed by atoms with Crippen molar-refractivity contribution in [2.24, 2.45) is 5.92 Å². The van der Waals surface area contributed by atoms with E-state index in [0.717, 1.165) is 23.0 Å². The van der Waals surface area contributed by atoms with Crippen molar-refractivity contribution in [2.75, 3.05) is 5.32 Å². The van der Waals surface area contributed by atoms with E-state index in [9.17, 15) is 9.59 Å². The summed E-state index contributed by atoms with van der Waals surface area (Å²) in [6, 6.07) is 7.86. The van der Waals surface area contributed by atoms with Crippen LogP contribution in [0, 0.1) is 5.92 Å². The van der Waals surface area contributed by atoms with Gasteiger partial charge in [0.05, 0.1) is 5.92 Å². The van der Waals surface area contributed by atoms with Crippen molar-refractivity contribution < 1.29 is 14.7 Å². The van der Waals surface area contributed by atoms with Crippen LogP contribution < -0.4 is 10.6 Å². The van der Waals surface area contributed by atoms with Crippen LogP contribution >= 0.6 is 15.9 Å². The molecular weight excluding hydrogens is 360 g/mol. The predicted octanol–water partition coefficient (Wildman–Crippen LogP) is 3.40. The molecule has 0 bridgehead atoms. The molecule has 5 nitrogen and oxygen atoms in total. The van der Waals surface area contributed by atoms with Crippen molar-refractivity contribution in [3.05, 3.63) is 28.7 Å². The molecule has 1 amide bonds. The summed E-state index contributed by atoms with van der Waals surface area (Å²) in [5, 5.41) is 15.3. The van der Waals surface area contributed by atoms with Gasteiger partial charge in [-0.1, -0.05) is 15.9 Å². The minimum Gasteiger partial charge on any atom is -0.481 e. The number of hydrogen-bond donors (Lipinski definition) is 3. The Labute approximate surface area is 145 Å². The lowest BCUT2D eigenvalue weighted by molar-refractivity contribution is -0.142. The van der Waals surface area contributed by atoms with Gasteiger partial charge in [-0.2, -0.15) is 0 Å². The average Bonchev–Trinajstić information content (AvgIpc) is 2.50. The van der Waals surface area contributed by atoms with E-state index in [1.54, 1.807) is 0 Å². The highest BCUT2D eigenvalue weighted by atomic mass is 79.9. The Hall–Kier alpha value is -1.40. The molecule has 1 saturated carbocycles. The Bertz CT molecular complexity index is 539. The lowest BCUT2D eigenvalue weighted by Gasteiger charge is -2.29. The lowest BCUT2D eigenvalue weighted by Crippen LogP contribution is -2.41. The molecule has 6 heteroatoms. The standard InChI is InChI=1S/C17H23BrN2O3/c1-11(19-14-6-2-12(3-7-14)17(22)23)10-16(21)20-15-8-4-13(18)5-9-15/h4-5,8-9,11-12,14,19H,2-3,6-7,10H2,1H3,(H,20,21)(H,22,23). The van der Waals surface area contributed by atoms with Crippen LogP contribution in [-0.2, 0) is 9.59 Å². The van der Waals surface area contributed by atoms with Gasteiger partial charge in [0.1, 0.15) is 0 Å². The largest absolute Gasteiger partial charge is 0.481 e. The van der Waals surface area contributed by atoms with Crippen molar-refractivity contribution in [1.82, 2.24) is 5.32 Å². The van der Waals surface area contributed by atoms with E-state index in [0.29, 0.717) is 25.3 Å². The maximum Gasteiger partial charge on any atom is 0.306 e. The molecule has 0 radical (unpaired) electrons. The Kier molecular flexibility index (Phi) is 6.59. The molecule has 0 saturated heterocycles. The van der Waals surface area contributed by atoms with Gasteiger partial charge in [0.15, 0.2) is 0 Å². The number of carboxylic acid groups (broad SMARTS) is 1. The zero-order valence-corrected chi connectivity index (χ0v) is 14.8. The van der Waals surface area contributed by atoms with Gasteiger partial charge in [-0.25, -0.2) is 0 Å². The molecule has 1 aliphatic carbocycles. The van der Waals surface area contributed by atoms with E-state index in [1.165, 1.54) is 0 Å². The monoisotopic (exact) mass is 382 g/mol. The fourth-order valence-electron chi connectivity index (χ4n) is 2.99. The first-order valence-electron chi connectivity index (χ1n) is 7.98. The van der Waals surface area contributed by atoms with E-state index < -0.39 is 5.97 Å². The van der Waals surface area contributed by atoms with Gasteiger partial charge in [-0.3, -0.25) is 9.59 Å². The van der Waals surface area contributed by atoms with E-state index in [-0.39, 0.29) is 17.9 Å². The van der Waals surface area contributed by atoms with Crippen molar-refractivity contribution in [3.63, 3.8) is 0 Å². The molecule has 126 valence electrons. The highest BCUT2D eigenvalue weighted by molar-refractivity contribution is 9.10. The zero-order chi connectivity index (χ0) is 16.8. The summed E-state index contributed by atoms with van der Waals surface area (Å²) in [5.74, 6) is -0.916. The number of aliphatic carboxylic acids is 1. The van der Waals surface area contributed by atoms with Crippen molar-refractivity contribution in [2.45, 2.75) is 51.1 Å². The minimum absolute atomic E-state index is 0.0217. The van der Waals surface area contributed by atoms with Gasteiger partial charge in [0.25, 0.3) is 0 Å². The summed E-state index contributed by atoms with van der Waals surface area (Å²) in [6.07, 6.45) is 3.54. The molecule has 23 heavy (non-hydrogen) atoms. The molecule has 0 aliphatic heterocycles. The quantitative estimate of drug-likeness (QED) is 0.704. The molecule has 1 aromatic rings. The van der Waals surface area contributed by atoms with Crippen LogP contribution in [0.2, 0.25) is 0 Å². The second-order valence-corrected chi connectivity index (χ2v) is 7.13. The van der Waals surface area contributed by atoms with Gasteiger partial charge in [0.2, 0.25) is 5.91 Å². The Morgan fingerprint density at radius 1 is 1.22 bits per heavy atom. The molecule has 1 unspecified atom stereocenters. The van der Waals surface area contributed by atoms with E-state index >= 15 is 0 Å². The summed E-state index contributed by atoms with van der Waals surface area (Å²) < 4.78 is 0.975. The SMILES string of the molecule is CC(CC(=O)Nc1ccc(Br)cc1)NC1CCC(C(=O)O)CC1. The van der Waals surface area contributed by atoms with Crippen LogP contribution in [0.1, 0.15) is 39.0 Å². The van der Waals surface area contributed by atoms with E-state index in [4.69, 9.17) is 5.11 Å². The highest BCUT2D eigenvalue weighted by Crippen LogP contribution is 2.24. The number of carboxylic acids is 1. The first kappa shape index (κ1) is 17.9. The van der Waals surface area contributed by atoms with E-state index in [1.807, 2.05) is 31.2 Å². The number of rotatable bonds is 6. The number of carbonyl (C=O) groups excluding carboxylic acids is 1. The molecule has 1 fully saturated rings. The molecule has 0 aromatic heterocycles. The number of anilines is 1. The van der Waals surface area contributed by atoms with Gasteiger partial charge < -0.3 is 15.7 Å². The molecule has 0 heterocycles. The number of hydrogen-bond acceptors (Lipinski definition) is 3. The topological polar surface area (TPSA) is 78.4 Å². The smallest absolute Gasteiger partial charge is 0.306 e. The Morgan fingerprint density at radius 2 is 1.83 bits per heavy atom. The molecule has 0 spiro atoms. The normalized spacial score (nSPS) is 22.3. The van der Waals surface area contributed by atoms with Gasteiger partial charge >= 0.3 is 5.97 Å². The van der Waals surface area contributed by atoms with Crippen molar-refractivity contribution in [3.8, 4) is 0 Å². The van der Waals surface area contributed by atoms with Gasteiger partial charge in [-0.15, -0.1) is 0 Å². The second-order valence-electron chi connectivity index (χ2n) is 6.21. The van der Waals surface area contributed by atoms with E-state index in [2.05, 4.69) is 26.6 Å². The number of nitrogens with one attached hydrogen (secondary N) is 2. The third-order valence-electron chi connectivity index (χ3n) is 4.22. The molecule has 1 aliphatic rings. The first-order valence-corrected chi connectivity index (χ1v) is 8.77. The highest BCUT2D eigenvalue weighted by Gasteiger charge is 2.26. The van der Waals surface area contributed by atoms with Gasteiger partial charge in [-0.05, 0) is 56.9 Å². The average molecular weight is 383 g/mol. The molecule has 1 aromatic carbocycles. The number of benzene rings is 1. The Morgan fingerprint density at radius 3 is 2.39 bits per heavy atom. The summed E-state index contributed by atoms with van der Waals surface area (Å²) in [6.45, 7) is 1.99. The summed E-state index contributed by atoms with van der Waals surface area (Å²) in [7, 11) is 0. The van der Waals surface area contributed by atoms with Crippen LogP contribution in [-0.4, -0.2) is 29.1 Å². The number of halogens is 1. The summed E-state index contributed by atoms with van der Waals surface area (Å²) in [5.41, 5.74) is 0.785. The second kappa shape index (κ2) is 8.45. The molecule has 2 rings (SSSR count). The third kappa shape index (κ3) is 5.95. The first-order chi connectivity index (χ1) is 10.9. The van der Waals surface area contributed by atoms with Crippen LogP contribution in [0.5, 0.6) is 0 Å². The van der Waals surface area contributed by atoms with Gasteiger partial charge in [0, 0.05) is 28.7 Å². The number of carbonyl (C=O) groups is 2. The zero-order valence-electron chi connectivity index (χ0n) is 13.2. The lowest BCUT2D eigenvalue weighted by atomic mass is 9.86. The van der Waals surface area contributed by atoms with Crippen LogP contribution in [0.3, 0.4) is 0 Å². The fourth-order valence-corrected chi connectivity index (χ4v) is 3.26. The Balaban J connectivity index is 1.72. The fraction of sp³-hybridized carbons (Fsp3) is 0.529. The van der Waals surface area contributed by atoms with Crippen molar-refractivity contribution >= 4 is 33.5 Å².